The number of rotatable bonds is 4. The van der Waals surface area contributed by atoms with E-state index in [1.165, 1.54) is 0 Å². The van der Waals surface area contributed by atoms with Crippen LogP contribution in [0.15, 0.2) is 24.3 Å². The van der Waals surface area contributed by atoms with Crippen LogP contribution in [0.1, 0.15) is 41.9 Å². The van der Waals surface area contributed by atoms with Crippen LogP contribution in [0.4, 0.5) is 0 Å². The molecule has 0 N–H and O–H groups in total. The molecule has 0 amide bonds. The first-order valence-corrected chi connectivity index (χ1v) is 7.75. The fourth-order valence-electron chi connectivity index (χ4n) is 2.27. The summed E-state index contributed by atoms with van der Waals surface area (Å²) in [6, 6.07) is 10.2. The molecule has 1 aromatic carbocycles. The van der Waals surface area contributed by atoms with E-state index in [9.17, 15) is 0 Å². The smallest absolute Gasteiger partial charge is 0.122 e. The summed E-state index contributed by atoms with van der Waals surface area (Å²) in [7, 11) is 1.68. The van der Waals surface area contributed by atoms with Crippen LogP contribution in [0.3, 0.4) is 0 Å². The van der Waals surface area contributed by atoms with Crippen LogP contribution in [-0.4, -0.2) is 12.1 Å². The van der Waals surface area contributed by atoms with Gasteiger partial charge in [-0.15, -0.1) is 11.3 Å². The largest absolute Gasteiger partial charge is 0.496 e. The van der Waals surface area contributed by atoms with Crippen molar-refractivity contribution >= 4 is 11.3 Å². The predicted octanol–water partition coefficient (Wildman–Crippen LogP) is 4.11. The van der Waals surface area contributed by atoms with Crippen LogP contribution in [0.2, 0.25) is 0 Å². The molecule has 0 fully saturated rings. The number of thiazole rings is 1. The van der Waals surface area contributed by atoms with E-state index in [1.807, 2.05) is 18.2 Å². The maximum absolute atomic E-state index is 9.00. The fourth-order valence-corrected chi connectivity index (χ4v) is 3.50. The fraction of sp³-hybridized carbons (Fsp3) is 0.412. The van der Waals surface area contributed by atoms with E-state index >= 15 is 0 Å². The van der Waals surface area contributed by atoms with Gasteiger partial charge in [0.25, 0.3) is 0 Å². The minimum Gasteiger partial charge on any atom is -0.496 e. The molecule has 0 saturated heterocycles. The molecule has 0 aliphatic carbocycles. The number of ether oxygens (including phenoxy) is 1. The van der Waals surface area contributed by atoms with Crippen molar-refractivity contribution in [3.8, 4) is 11.8 Å². The maximum atomic E-state index is 9.00. The van der Waals surface area contributed by atoms with E-state index in [0.29, 0.717) is 6.42 Å². The lowest BCUT2D eigenvalue weighted by Crippen LogP contribution is -2.14. The first kappa shape index (κ1) is 15.5. The van der Waals surface area contributed by atoms with Crippen LogP contribution in [0.5, 0.6) is 5.75 Å². The Balaban J connectivity index is 2.35. The van der Waals surface area contributed by atoms with Crippen molar-refractivity contribution < 1.29 is 4.74 Å². The first-order chi connectivity index (χ1) is 9.95. The van der Waals surface area contributed by atoms with Crippen molar-refractivity contribution in [2.45, 2.75) is 39.0 Å². The van der Waals surface area contributed by atoms with Crippen molar-refractivity contribution in [1.82, 2.24) is 4.98 Å². The summed E-state index contributed by atoms with van der Waals surface area (Å²) in [4.78, 5) is 5.86. The lowest BCUT2D eigenvalue weighted by atomic mass is 9.91. The van der Waals surface area contributed by atoms with Crippen LogP contribution >= 0.6 is 11.3 Å². The summed E-state index contributed by atoms with van der Waals surface area (Å²) in [6.45, 7) is 6.40. The van der Waals surface area contributed by atoms with Crippen LogP contribution < -0.4 is 4.74 Å². The molecular formula is C17H20N2OS. The highest BCUT2D eigenvalue weighted by Crippen LogP contribution is 2.32. The second-order valence-electron chi connectivity index (χ2n) is 5.95. The van der Waals surface area contributed by atoms with Gasteiger partial charge in [0.2, 0.25) is 0 Å². The summed E-state index contributed by atoms with van der Waals surface area (Å²) >= 11 is 1.64. The molecule has 21 heavy (non-hydrogen) atoms. The molecule has 110 valence electrons. The Hall–Kier alpha value is -1.86. The van der Waals surface area contributed by atoms with Gasteiger partial charge in [0.15, 0.2) is 0 Å². The first-order valence-electron chi connectivity index (χ1n) is 6.93. The molecule has 0 spiro atoms. The van der Waals surface area contributed by atoms with E-state index in [1.54, 1.807) is 18.4 Å². The lowest BCUT2D eigenvalue weighted by Gasteiger charge is -2.16. The summed E-state index contributed by atoms with van der Waals surface area (Å²) in [6.07, 6.45) is 1.17. The highest BCUT2D eigenvalue weighted by atomic mass is 32.1. The molecule has 2 rings (SSSR count). The van der Waals surface area contributed by atoms with Crippen LogP contribution in [-0.2, 0) is 18.3 Å². The predicted molar refractivity (Wildman–Crippen MR) is 85.9 cm³/mol. The van der Waals surface area contributed by atoms with Crippen LogP contribution in [0, 0.1) is 11.3 Å². The number of nitrogens with zero attached hydrogens (tertiary/aromatic N) is 2. The highest BCUT2D eigenvalue weighted by molar-refractivity contribution is 7.11. The third-order valence-corrected chi connectivity index (χ3v) is 4.28. The molecule has 3 nitrogen and oxygen atoms in total. The molecule has 0 aliphatic heterocycles. The van der Waals surface area contributed by atoms with Gasteiger partial charge in [-0.2, -0.15) is 5.26 Å². The van der Waals surface area contributed by atoms with Crippen molar-refractivity contribution in [3.63, 3.8) is 0 Å². The number of hydrogen-bond donors (Lipinski definition) is 0. The van der Waals surface area contributed by atoms with Crippen molar-refractivity contribution in [3.05, 3.63) is 45.4 Å². The third kappa shape index (κ3) is 3.62. The molecule has 0 saturated carbocycles. The number of aromatic nitrogens is 1. The monoisotopic (exact) mass is 300 g/mol. The normalized spacial score (nSPS) is 11.2. The maximum Gasteiger partial charge on any atom is 0.122 e. The standard InChI is InChI=1S/C17H20N2OS/c1-17(2,3)16-14(9-10-18)21-15(19-16)11-12-7-5-6-8-13(12)20-4/h5-8H,9,11H2,1-4H3. The Bertz CT molecular complexity index is 662. The quantitative estimate of drug-likeness (QED) is 0.853. The Morgan fingerprint density at radius 1 is 1.29 bits per heavy atom. The van der Waals surface area contributed by atoms with Gasteiger partial charge in [-0.3, -0.25) is 0 Å². The van der Waals surface area contributed by atoms with Gasteiger partial charge in [0, 0.05) is 22.3 Å². The summed E-state index contributed by atoms with van der Waals surface area (Å²) in [5.74, 6) is 0.881. The van der Waals surface area contributed by atoms with E-state index in [2.05, 4.69) is 32.9 Å². The zero-order chi connectivity index (χ0) is 15.5. The molecule has 0 bridgehead atoms. The molecular weight excluding hydrogens is 280 g/mol. The topological polar surface area (TPSA) is 45.9 Å². The van der Waals surface area contributed by atoms with Crippen LogP contribution in [0.25, 0.3) is 0 Å². The van der Waals surface area contributed by atoms with Gasteiger partial charge in [-0.05, 0) is 6.07 Å². The molecule has 1 heterocycles. The number of hydrogen-bond acceptors (Lipinski definition) is 4. The summed E-state index contributed by atoms with van der Waals surface area (Å²) in [5, 5.41) is 10.0. The SMILES string of the molecule is COc1ccccc1Cc1nc(C(C)(C)C)c(CC#N)s1. The Labute approximate surface area is 130 Å². The third-order valence-electron chi connectivity index (χ3n) is 3.23. The van der Waals surface area contributed by atoms with Crippen molar-refractivity contribution in [1.29, 1.82) is 5.26 Å². The van der Waals surface area contributed by atoms with Gasteiger partial charge >= 0.3 is 0 Å². The summed E-state index contributed by atoms with van der Waals surface area (Å²) < 4.78 is 5.39. The minimum absolute atomic E-state index is 0.0400. The van der Waals surface area contributed by atoms with Gasteiger partial charge in [-0.1, -0.05) is 39.0 Å². The highest BCUT2D eigenvalue weighted by Gasteiger charge is 2.23. The van der Waals surface area contributed by atoms with E-state index in [4.69, 9.17) is 15.0 Å². The lowest BCUT2D eigenvalue weighted by molar-refractivity contribution is 0.410. The number of benzene rings is 1. The van der Waals surface area contributed by atoms with Gasteiger partial charge in [0.05, 0.1) is 30.3 Å². The minimum atomic E-state index is -0.0400. The Morgan fingerprint density at radius 2 is 2.00 bits per heavy atom. The van der Waals surface area contributed by atoms with E-state index in [-0.39, 0.29) is 5.41 Å². The van der Waals surface area contributed by atoms with Crippen molar-refractivity contribution in [2.24, 2.45) is 0 Å². The van der Waals surface area contributed by atoms with Gasteiger partial charge in [-0.25, -0.2) is 4.98 Å². The second-order valence-corrected chi connectivity index (χ2v) is 7.12. The molecule has 2 aromatic rings. The average Bonchev–Trinajstić information content (AvgIpc) is 2.83. The van der Waals surface area contributed by atoms with E-state index in [0.717, 1.165) is 33.3 Å². The molecule has 1 aromatic heterocycles. The zero-order valence-electron chi connectivity index (χ0n) is 12.9. The van der Waals surface area contributed by atoms with Gasteiger partial charge < -0.3 is 4.74 Å². The Morgan fingerprint density at radius 3 is 2.62 bits per heavy atom. The van der Waals surface area contributed by atoms with Crippen molar-refractivity contribution in [2.75, 3.05) is 7.11 Å². The van der Waals surface area contributed by atoms with Gasteiger partial charge in [0.1, 0.15) is 5.75 Å². The average molecular weight is 300 g/mol. The zero-order valence-corrected chi connectivity index (χ0v) is 13.8. The second kappa shape index (κ2) is 6.28. The Kier molecular flexibility index (Phi) is 4.64. The van der Waals surface area contributed by atoms with E-state index < -0.39 is 0 Å². The molecule has 0 atom stereocenters. The molecule has 0 aliphatic rings. The number of nitriles is 1. The number of methoxy groups -OCH3 is 1. The molecule has 0 unspecified atom stereocenters. The number of para-hydroxylation sites is 1. The summed E-state index contributed by atoms with van der Waals surface area (Å²) in [5.41, 5.74) is 2.12. The molecule has 4 heteroatoms. The molecule has 0 radical (unpaired) electrons.